The fraction of sp³-hybridized carbons (Fsp3) is 0.308. The van der Waals surface area contributed by atoms with Crippen LogP contribution >= 0.6 is 0 Å². The van der Waals surface area contributed by atoms with Gasteiger partial charge in [-0.15, -0.1) is 0 Å². The van der Waals surface area contributed by atoms with Gasteiger partial charge < -0.3 is 9.47 Å². The molecule has 1 heterocycles. The molecular formula is C13H11FN2O6. The Labute approximate surface area is 123 Å². The second kappa shape index (κ2) is 5.51. The minimum absolute atomic E-state index is 0.197. The van der Waals surface area contributed by atoms with Crippen LogP contribution in [0.1, 0.15) is 13.8 Å². The van der Waals surface area contributed by atoms with E-state index in [-0.39, 0.29) is 5.69 Å². The van der Waals surface area contributed by atoms with Crippen molar-refractivity contribution in [1.82, 2.24) is 0 Å². The van der Waals surface area contributed by atoms with E-state index in [1.807, 2.05) is 0 Å². The number of carbonyl (C=O) groups excluding carboxylic acids is 2. The van der Waals surface area contributed by atoms with E-state index in [2.05, 4.69) is 4.99 Å². The average molecular weight is 310 g/mol. The van der Waals surface area contributed by atoms with Crippen LogP contribution in [0.15, 0.2) is 23.2 Å². The van der Waals surface area contributed by atoms with Gasteiger partial charge in [0.25, 0.3) is 11.5 Å². The molecule has 116 valence electrons. The highest BCUT2D eigenvalue weighted by Crippen LogP contribution is 2.28. The highest BCUT2D eigenvalue weighted by molar-refractivity contribution is 6.10. The van der Waals surface area contributed by atoms with Gasteiger partial charge in [0.05, 0.1) is 11.0 Å². The summed E-state index contributed by atoms with van der Waals surface area (Å²) in [5.74, 6) is -5.37. The molecule has 1 aliphatic rings. The number of esters is 2. The van der Waals surface area contributed by atoms with E-state index in [9.17, 15) is 24.1 Å². The normalized spacial score (nSPS) is 18.1. The van der Waals surface area contributed by atoms with E-state index in [4.69, 9.17) is 9.47 Å². The van der Waals surface area contributed by atoms with Crippen LogP contribution in [-0.2, 0) is 19.1 Å². The number of hydrogen-bond acceptors (Lipinski definition) is 7. The zero-order chi connectivity index (χ0) is 16.5. The third-order valence-corrected chi connectivity index (χ3v) is 2.70. The largest absolute Gasteiger partial charge is 0.422 e. The smallest absolute Gasteiger partial charge is 0.329 e. The first-order chi connectivity index (χ1) is 10.2. The molecule has 8 nitrogen and oxygen atoms in total. The first-order valence-corrected chi connectivity index (χ1v) is 6.13. The number of rotatable bonds is 3. The first-order valence-electron chi connectivity index (χ1n) is 6.13. The summed E-state index contributed by atoms with van der Waals surface area (Å²) < 4.78 is 22.8. The standard InChI is InChI=1S/C13H11FN2O6/c1-13(2)21-11(17)8(12(18)22-13)6-15-9-4-3-7(14)5-10(9)16(19)20/h3-6,8H,1-2H3. The molecule has 0 bridgehead atoms. The average Bonchev–Trinajstić information content (AvgIpc) is 2.37. The highest BCUT2D eigenvalue weighted by atomic mass is 19.1. The number of benzene rings is 1. The fourth-order valence-electron chi connectivity index (χ4n) is 1.76. The van der Waals surface area contributed by atoms with Gasteiger partial charge in [-0.3, -0.25) is 24.7 Å². The predicted molar refractivity (Wildman–Crippen MR) is 71.0 cm³/mol. The lowest BCUT2D eigenvalue weighted by atomic mass is 10.1. The lowest BCUT2D eigenvalue weighted by Gasteiger charge is -2.31. The maximum Gasteiger partial charge on any atom is 0.329 e. The number of nitro groups is 1. The van der Waals surface area contributed by atoms with E-state index in [0.29, 0.717) is 6.07 Å². The Morgan fingerprint density at radius 1 is 1.32 bits per heavy atom. The molecule has 0 aromatic heterocycles. The Morgan fingerprint density at radius 2 is 1.91 bits per heavy atom. The van der Waals surface area contributed by atoms with Crippen LogP contribution in [0.3, 0.4) is 0 Å². The molecule has 1 aromatic carbocycles. The minimum Gasteiger partial charge on any atom is -0.422 e. The maximum absolute atomic E-state index is 13.0. The Hall–Kier alpha value is -2.84. The van der Waals surface area contributed by atoms with Gasteiger partial charge in [0.1, 0.15) is 11.5 Å². The predicted octanol–water partition coefficient (Wildman–Crippen LogP) is 1.89. The third-order valence-electron chi connectivity index (χ3n) is 2.70. The summed E-state index contributed by atoms with van der Waals surface area (Å²) in [5.41, 5.74) is -0.786. The number of aliphatic imine (C=N–C) groups is 1. The molecule has 9 heteroatoms. The second-order valence-electron chi connectivity index (χ2n) is 4.89. The van der Waals surface area contributed by atoms with Gasteiger partial charge in [0.2, 0.25) is 0 Å². The van der Waals surface area contributed by atoms with Gasteiger partial charge in [-0.2, -0.15) is 0 Å². The maximum atomic E-state index is 13.0. The second-order valence-corrected chi connectivity index (χ2v) is 4.89. The van der Waals surface area contributed by atoms with Crippen molar-refractivity contribution < 1.29 is 28.4 Å². The molecule has 0 unspecified atom stereocenters. The number of halogens is 1. The van der Waals surface area contributed by atoms with E-state index in [0.717, 1.165) is 18.3 Å². The Morgan fingerprint density at radius 3 is 2.45 bits per heavy atom. The van der Waals surface area contributed by atoms with Crippen molar-refractivity contribution in [2.75, 3.05) is 0 Å². The highest BCUT2D eigenvalue weighted by Gasteiger charge is 2.42. The zero-order valence-electron chi connectivity index (χ0n) is 11.6. The van der Waals surface area contributed by atoms with Crippen molar-refractivity contribution in [3.8, 4) is 0 Å². The van der Waals surface area contributed by atoms with Crippen molar-refractivity contribution in [3.05, 3.63) is 34.1 Å². The van der Waals surface area contributed by atoms with Crippen LogP contribution in [0.4, 0.5) is 15.8 Å². The SMILES string of the molecule is CC1(C)OC(=O)C(C=Nc2ccc(F)cc2[N+](=O)[O-])C(=O)O1. The van der Waals surface area contributed by atoms with E-state index < -0.39 is 40.1 Å². The van der Waals surface area contributed by atoms with Crippen molar-refractivity contribution in [2.45, 2.75) is 19.6 Å². The fourth-order valence-corrected chi connectivity index (χ4v) is 1.76. The van der Waals surface area contributed by atoms with Gasteiger partial charge in [-0.25, -0.2) is 4.39 Å². The van der Waals surface area contributed by atoms with Crippen LogP contribution in [0, 0.1) is 21.8 Å². The molecule has 1 aromatic rings. The van der Waals surface area contributed by atoms with Crippen LogP contribution in [0.2, 0.25) is 0 Å². The number of carbonyl (C=O) groups is 2. The topological polar surface area (TPSA) is 108 Å². The van der Waals surface area contributed by atoms with E-state index >= 15 is 0 Å². The Balaban J connectivity index is 2.28. The molecule has 0 spiro atoms. The Kier molecular flexibility index (Phi) is 3.89. The number of ether oxygens (including phenoxy) is 2. The molecule has 0 radical (unpaired) electrons. The van der Waals surface area contributed by atoms with Gasteiger partial charge in [-0.1, -0.05) is 0 Å². The van der Waals surface area contributed by atoms with Gasteiger partial charge in [0, 0.05) is 20.1 Å². The van der Waals surface area contributed by atoms with Crippen LogP contribution in [0.25, 0.3) is 0 Å². The van der Waals surface area contributed by atoms with Crippen molar-refractivity contribution in [3.63, 3.8) is 0 Å². The number of cyclic esters (lactones) is 2. The lowest BCUT2D eigenvalue weighted by molar-refractivity contribution is -0.384. The summed E-state index contributed by atoms with van der Waals surface area (Å²) in [6.45, 7) is 2.78. The summed E-state index contributed by atoms with van der Waals surface area (Å²) in [4.78, 5) is 37.1. The van der Waals surface area contributed by atoms with Crippen LogP contribution in [0.5, 0.6) is 0 Å². The molecule has 0 atom stereocenters. The number of hydrogen-bond donors (Lipinski definition) is 0. The molecule has 1 saturated heterocycles. The molecule has 22 heavy (non-hydrogen) atoms. The van der Waals surface area contributed by atoms with Crippen LogP contribution in [-0.4, -0.2) is 28.9 Å². The van der Waals surface area contributed by atoms with Crippen molar-refractivity contribution >= 4 is 29.5 Å². The molecule has 0 amide bonds. The summed E-state index contributed by atoms with van der Waals surface area (Å²) >= 11 is 0. The molecule has 0 saturated carbocycles. The molecular weight excluding hydrogens is 299 g/mol. The number of nitrogens with zero attached hydrogens (tertiary/aromatic N) is 2. The summed E-state index contributed by atoms with van der Waals surface area (Å²) in [6.07, 6.45) is 0.875. The molecule has 0 aliphatic carbocycles. The van der Waals surface area contributed by atoms with Crippen molar-refractivity contribution in [1.29, 1.82) is 0 Å². The van der Waals surface area contributed by atoms with E-state index in [1.54, 1.807) is 0 Å². The first kappa shape index (κ1) is 15.5. The Bertz CT molecular complexity index is 665. The lowest BCUT2D eigenvalue weighted by Crippen LogP contribution is -2.46. The quantitative estimate of drug-likeness (QED) is 0.277. The van der Waals surface area contributed by atoms with Gasteiger partial charge in [-0.05, 0) is 12.1 Å². The van der Waals surface area contributed by atoms with Crippen molar-refractivity contribution in [2.24, 2.45) is 10.9 Å². The monoisotopic (exact) mass is 310 g/mol. The van der Waals surface area contributed by atoms with E-state index in [1.165, 1.54) is 13.8 Å². The molecule has 0 N–H and O–H groups in total. The summed E-state index contributed by atoms with van der Waals surface area (Å²) in [7, 11) is 0. The third kappa shape index (κ3) is 3.25. The summed E-state index contributed by atoms with van der Waals surface area (Å²) in [6, 6.07) is 2.72. The van der Waals surface area contributed by atoms with Crippen LogP contribution < -0.4 is 0 Å². The molecule has 1 fully saturated rings. The summed E-state index contributed by atoms with van der Waals surface area (Å²) in [5, 5.41) is 10.8. The number of nitro benzene ring substituents is 1. The minimum atomic E-state index is -1.43. The zero-order valence-corrected chi connectivity index (χ0v) is 11.6. The molecule has 1 aliphatic heterocycles. The molecule has 2 rings (SSSR count). The van der Waals surface area contributed by atoms with Gasteiger partial charge in [0.15, 0.2) is 5.92 Å². The van der Waals surface area contributed by atoms with Gasteiger partial charge >= 0.3 is 11.9 Å².